The van der Waals surface area contributed by atoms with Crippen LogP contribution in [0, 0.1) is 41.1 Å². The number of hydrogen-bond acceptors (Lipinski definition) is 0. The molecule has 1 aromatic rings. The van der Waals surface area contributed by atoms with Gasteiger partial charge < -0.3 is 0 Å². The highest BCUT2D eigenvalue weighted by molar-refractivity contribution is 5.19. The Kier molecular flexibility index (Phi) is 7.05. The fraction of sp³-hybridized carbons (Fsp3) is 0.739. The summed E-state index contributed by atoms with van der Waals surface area (Å²) in [7, 11) is 0. The van der Waals surface area contributed by atoms with Gasteiger partial charge in [-0.25, -0.2) is 13.2 Å². The molecule has 3 rings (SSSR count). The lowest BCUT2D eigenvalue weighted by Gasteiger charge is -2.38. The molecule has 0 nitrogen and oxygen atoms in total. The second-order valence-corrected chi connectivity index (χ2v) is 8.76. The molecular weight excluding hydrogens is 333 g/mol. The summed E-state index contributed by atoms with van der Waals surface area (Å²) in [5.74, 6) is -0.0329. The van der Waals surface area contributed by atoms with E-state index < -0.39 is 17.5 Å². The molecule has 2 saturated carbocycles. The third-order valence-electron chi connectivity index (χ3n) is 7.03. The molecule has 0 aromatic heterocycles. The van der Waals surface area contributed by atoms with Crippen LogP contribution in [-0.4, -0.2) is 0 Å². The highest BCUT2D eigenvalue weighted by Gasteiger charge is 2.30. The molecule has 2 aliphatic carbocycles. The Morgan fingerprint density at radius 1 is 0.731 bits per heavy atom. The maximum atomic E-state index is 13.3. The fourth-order valence-electron chi connectivity index (χ4n) is 5.43. The highest BCUT2D eigenvalue weighted by atomic mass is 19.2. The van der Waals surface area contributed by atoms with E-state index in [4.69, 9.17) is 0 Å². The molecule has 0 amide bonds. The molecule has 0 aliphatic heterocycles. The third-order valence-corrected chi connectivity index (χ3v) is 7.03. The molecule has 2 aliphatic rings. The van der Waals surface area contributed by atoms with E-state index in [2.05, 4.69) is 6.92 Å². The number of rotatable bonds is 6. The minimum Gasteiger partial charge on any atom is -0.204 e. The first-order valence-electron chi connectivity index (χ1n) is 10.7. The van der Waals surface area contributed by atoms with Gasteiger partial charge in [0.1, 0.15) is 0 Å². The maximum absolute atomic E-state index is 13.3. The van der Waals surface area contributed by atoms with Gasteiger partial charge in [-0.2, -0.15) is 0 Å². The molecule has 1 aromatic carbocycles. The van der Waals surface area contributed by atoms with Gasteiger partial charge in [-0.1, -0.05) is 45.4 Å². The lowest BCUT2D eigenvalue weighted by molar-refractivity contribution is 0.141. The Bertz CT molecular complexity index is 544. The van der Waals surface area contributed by atoms with Crippen molar-refractivity contribution in [1.29, 1.82) is 0 Å². The average Bonchev–Trinajstić information content (AvgIpc) is 2.66. The van der Waals surface area contributed by atoms with E-state index in [9.17, 15) is 13.2 Å². The molecule has 0 N–H and O–H groups in total. The third kappa shape index (κ3) is 5.04. The fourth-order valence-corrected chi connectivity index (χ4v) is 5.43. The standard InChI is InChI=1S/C23H33F3/c1-2-3-16-6-10-19(11-7-16)20-12-8-17(9-13-20)4-5-18-14-21(24)23(26)22(25)15-18/h14-17,19-20H,2-13H2,1H3/t16-,17?,19-,20?. The van der Waals surface area contributed by atoms with Crippen LogP contribution in [-0.2, 0) is 6.42 Å². The molecule has 0 atom stereocenters. The highest BCUT2D eigenvalue weighted by Crippen LogP contribution is 2.42. The summed E-state index contributed by atoms with van der Waals surface area (Å²) in [6.45, 7) is 2.29. The van der Waals surface area contributed by atoms with Crippen LogP contribution < -0.4 is 0 Å². The molecular formula is C23H33F3. The zero-order valence-corrected chi connectivity index (χ0v) is 16.1. The summed E-state index contributed by atoms with van der Waals surface area (Å²) < 4.78 is 39.7. The van der Waals surface area contributed by atoms with Crippen molar-refractivity contribution in [2.45, 2.75) is 84.0 Å². The Morgan fingerprint density at radius 3 is 1.65 bits per heavy atom. The first-order chi connectivity index (χ1) is 12.6. The van der Waals surface area contributed by atoms with Crippen LogP contribution in [0.25, 0.3) is 0 Å². The first kappa shape index (κ1) is 19.8. The van der Waals surface area contributed by atoms with Gasteiger partial charge in [0.25, 0.3) is 0 Å². The van der Waals surface area contributed by atoms with Gasteiger partial charge >= 0.3 is 0 Å². The molecule has 0 heterocycles. The SMILES string of the molecule is CCC[C@H]1CC[C@H](C2CCC(CCc3cc(F)c(F)c(F)c3)CC2)CC1. The van der Waals surface area contributed by atoms with Gasteiger partial charge in [0.05, 0.1) is 0 Å². The van der Waals surface area contributed by atoms with Gasteiger partial charge in [0.15, 0.2) is 17.5 Å². The van der Waals surface area contributed by atoms with Crippen LogP contribution in [0.4, 0.5) is 13.2 Å². The van der Waals surface area contributed by atoms with Crippen LogP contribution in [0.2, 0.25) is 0 Å². The van der Waals surface area contributed by atoms with E-state index in [0.29, 0.717) is 17.9 Å². The van der Waals surface area contributed by atoms with Crippen molar-refractivity contribution in [2.24, 2.45) is 23.7 Å². The molecule has 0 unspecified atom stereocenters. The number of hydrogen-bond donors (Lipinski definition) is 0. The van der Waals surface area contributed by atoms with Crippen molar-refractivity contribution in [2.75, 3.05) is 0 Å². The maximum Gasteiger partial charge on any atom is 0.194 e. The Labute approximate surface area is 156 Å². The molecule has 26 heavy (non-hydrogen) atoms. The molecule has 3 heteroatoms. The average molecular weight is 367 g/mol. The van der Waals surface area contributed by atoms with Gasteiger partial charge in [0.2, 0.25) is 0 Å². The summed E-state index contributed by atoms with van der Waals surface area (Å²) in [6.07, 6.45) is 15.2. The number of aryl methyl sites for hydroxylation is 1. The summed E-state index contributed by atoms with van der Waals surface area (Å²) in [5, 5.41) is 0. The Balaban J connectivity index is 1.40. The van der Waals surface area contributed by atoms with Gasteiger partial charge in [-0.3, -0.25) is 0 Å². The van der Waals surface area contributed by atoms with E-state index in [1.165, 1.54) is 64.2 Å². The lowest BCUT2D eigenvalue weighted by Crippen LogP contribution is -2.26. The second-order valence-electron chi connectivity index (χ2n) is 8.76. The zero-order chi connectivity index (χ0) is 18.5. The van der Waals surface area contributed by atoms with Crippen LogP contribution in [0.3, 0.4) is 0 Å². The van der Waals surface area contributed by atoms with Crippen LogP contribution >= 0.6 is 0 Å². The first-order valence-corrected chi connectivity index (χ1v) is 10.7. The van der Waals surface area contributed by atoms with E-state index in [1.807, 2.05) is 0 Å². The predicted molar refractivity (Wildman–Crippen MR) is 100 cm³/mol. The topological polar surface area (TPSA) is 0 Å². The van der Waals surface area contributed by atoms with E-state index in [1.54, 1.807) is 0 Å². The van der Waals surface area contributed by atoms with E-state index in [-0.39, 0.29) is 0 Å². The van der Waals surface area contributed by atoms with Crippen molar-refractivity contribution < 1.29 is 13.2 Å². The van der Waals surface area contributed by atoms with Crippen LogP contribution in [0.1, 0.15) is 83.1 Å². The summed E-state index contributed by atoms with van der Waals surface area (Å²) in [6, 6.07) is 2.30. The smallest absolute Gasteiger partial charge is 0.194 e. The van der Waals surface area contributed by atoms with Crippen LogP contribution in [0.5, 0.6) is 0 Å². The van der Waals surface area contributed by atoms with Crippen molar-refractivity contribution in [3.63, 3.8) is 0 Å². The number of benzene rings is 1. The van der Waals surface area contributed by atoms with Crippen molar-refractivity contribution in [3.05, 3.63) is 35.1 Å². The second kappa shape index (κ2) is 9.28. The molecule has 0 bridgehead atoms. The summed E-state index contributed by atoms with van der Waals surface area (Å²) in [5.41, 5.74) is 0.581. The van der Waals surface area contributed by atoms with Crippen molar-refractivity contribution in [1.82, 2.24) is 0 Å². The van der Waals surface area contributed by atoms with Crippen molar-refractivity contribution >= 4 is 0 Å². The normalized spacial score (nSPS) is 29.7. The van der Waals surface area contributed by atoms with Crippen molar-refractivity contribution in [3.8, 4) is 0 Å². The molecule has 0 radical (unpaired) electrons. The minimum absolute atomic E-state index is 0.581. The monoisotopic (exact) mass is 366 g/mol. The quantitative estimate of drug-likeness (QED) is 0.459. The van der Waals surface area contributed by atoms with Crippen LogP contribution in [0.15, 0.2) is 12.1 Å². The van der Waals surface area contributed by atoms with Gasteiger partial charge in [-0.05, 0) is 79.9 Å². The van der Waals surface area contributed by atoms with E-state index in [0.717, 1.165) is 36.3 Å². The molecule has 146 valence electrons. The number of halogens is 3. The Morgan fingerprint density at radius 2 is 1.19 bits per heavy atom. The summed E-state index contributed by atoms with van der Waals surface area (Å²) >= 11 is 0. The van der Waals surface area contributed by atoms with Gasteiger partial charge in [-0.15, -0.1) is 0 Å². The predicted octanol–water partition coefficient (Wildman–Crippen LogP) is 7.45. The van der Waals surface area contributed by atoms with E-state index >= 15 is 0 Å². The molecule has 2 fully saturated rings. The molecule has 0 saturated heterocycles. The van der Waals surface area contributed by atoms with Gasteiger partial charge in [0, 0.05) is 0 Å². The largest absolute Gasteiger partial charge is 0.204 e. The lowest BCUT2D eigenvalue weighted by atomic mass is 9.68. The summed E-state index contributed by atoms with van der Waals surface area (Å²) in [4.78, 5) is 0. The molecule has 0 spiro atoms. The minimum atomic E-state index is -1.36. The Hall–Kier alpha value is -0.990. The zero-order valence-electron chi connectivity index (χ0n) is 16.1.